The first kappa shape index (κ1) is 17.2. The van der Waals surface area contributed by atoms with Crippen LogP contribution in [0.3, 0.4) is 0 Å². The highest BCUT2D eigenvalue weighted by Crippen LogP contribution is 2.38. The van der Waals surface area contributed by atoms with Crippen molar-refractivity contribution in [2.24, 2.45) is 5.73 Å². The lowest BCUT2D eigenvalue weighted by Crippen LogP contribution is -2.35. The molecule has 22 heavy (non-hydrogen) atoms. The van der Waals surface area contributed by atoms with E-state index in [0.717, 1.165) is 35.2 Å². The minimum atomic E-state index is -0.224. The molecule has 0 saturated carbocycles. The molecule has 1 aromatic rings. The van der Waals surface area contributed by atoms with Gasteiger partial charge in [0.15, 0.2) is 0 Å². The second-order valence-corrected chi connectivity index (χ2v) is 6.34. The van der Waals surface area contributed by atoms with Crippen LogP contribution in [0.15, 0.2) is 22.7 Å². The number of carbonyl (C=O) groups excluding carboxylic acids is 1. The lowest BCUT2D eigenvalue weighted by molar-refractivity contribution is -0.134. The summed E-state index contributed by atoms with van der Waals surface area (Å²) in [4.78, 5) is 14.5. The van der Waals surface area contributed by atoms with E-state index in [2.05, 4.69) is 15.9 Å². The Morgan fingerprint density at radius 2 is 2.27 bits per heavy atom. The van der Waals surface area contributed by atoms with Gasteiger partial charge in [0.05, 0.1) is 25.7 Å². The number of likely N-dealkylation sites (tertiary alicyclic amines) is 1. The molecule has 5 nitrogen and oxygen atoms in total. The van der Waals surface area contributed by atoms with E-state index in [-0.39, 0.29) is 18.1 Å². The third kappa shape index (κ3) is 3.80. The molecule has 2 N–H and O–H groups in total. The molecule has 2 unspecified atom stereocenters. The van der Waals surface area contributed by atoms with Gasteiger partial charge in [-0.2, -0.15) is 0 Å². The first-order valence-corrected chi connectivity index (χ1v) is 8.25. The minimum Gasteiger partial charge on any atom is -0.496 e. The van der Waals surface area contributed by atoms with Crippen LogP contribution in [0, 0.1) is 0 Å². The Labute approximate surface area is 139 Å². The van der Waals surface area contributed by atoms with Crippen molar-refractivity contribution in [1.82, 2.24) is 4.90 Å². The summed E-state index contributed by atoms with van der Waals surface area (Å²) in [5, 5.41) is 0. The molecule has 0 aromatic heterocycles. The molecule has 0 aliphatic carbocycles. The number of methoxy groups -OCH3 is 2. The number of rotatable bonds is 6. The second-order valence-electron chi connectivity index (χ2n) is 5.43. The quantitative estimate of drug-likeness (QED) is 0.835. The Hall–Kier alpha value is -1.11. The molecule has 0 radical (unpaired) electrons. The van der Waals surface area contributed by atoms with Crippen molar-refractivity contribution >= 4 is 21.8 Å². The maximum absolute atomic E-state index is 12.6. The molecule has 1 amide bonds. The molecule has 1 aliphatic rings. The Morgan fingerprint density at radius 1 is 1.50 bits per heavy atom. The standard InChI is InChI=1S/C16H23BrN2O3/c1-21-12(10-18)9-16(20)19-7-3-4-14(19)13-8-11(17)5-6-15(13)22-2/h5-6,8,12,14H,3-4,7,9-10,18H2,1-2H3. The molecule has 122 valence electrons. The maximum atomic E-state index is 12.6. The highest BCUT2D eigenvalue weighted by atomic mass is 79.9. The number of nitrogens with two attached hydrogens (primary N) is 1. The summed E-state index contributed by atoms with van der Waals surface area (Å²) in [5.74, 6) is 0.900. The average Bonchev–Trinajstić information content (AvgIpc) is 3.01. The van der Waals surface area contributed by atoms with Crippen molar-refractivity contribution in [3.05, 3.63) is 28.2 Å². The van der Waals surface area contributed by atoms with Crippen LogP contribution in [0.4, 0.5) is 0 Å². The topological polar surface area (TPSA) is 64.8 Å². The van der Waals surface area contributed by atoms with Gasteiger partial charge < -0.3 is 20.1 Å². The van der Waals surface area contributed by atoms with Gasteiger partial charge >= 0.3 is 0 Å². The molecular weight excluding hydrogens is 348 g/mol. The third-order valence-corrected chi connectivity index (χ3v) is 4.62. The number of ether oxygens (including phenoxy) is 2. The number of halogens is 1. The Kier molecular flexibility index (Phi) is 6.23. The SMILES string of the molecule is COc1ccc(Br)cc1C1CCCN1C(=O)CC(CN)OC. The van der Waals surface area contributed by atoms with Gasteiger partial charge in [-0.15, -0.1) is 0 Å². The number of nitrogens with zero attached hydrogens (tertiary/aromatic N) is 1. The summed E-state index contributed by atoms with van der Waals surface area (Å²) >= 11 is 3.50. The third-order valence-electron chi connectivity index (χ3n) is 4.12. The normalized spacial score (nSPS) is 19.3. The second kappa shape index (κ2) is 7.94. The monoisotopic (exact) mass is 370 g/mol. The van der Waals surface area contributed by atoms with Crippen LogP contribution in [0.2, 0.25) is 0 Å². The molecule has 0 spiro atoms. The number of benzene rings is 1. The summed E-state index contributed by atoms with van der Waals surface area (Å²) in [5.41, 5.74) is 6.67. The Balaban J connectivity index is 2.20. The van der Waals surface area contributed by atoms with Gasteiger partial charge in [-0.25, -0.2) is 0 Å². The van der Waals surface area contributed by atoms with Crippen LogP contribution < -0.4 is 10.5 Å². The van der Waals surface area contributed by atoms with Crippen LogP contribution >= 0.6 is 15.9 Å². The Morgan fingerprint density at radius 3 is 2.91 bits per heavy atom. The lowest BCUT2D eigenvalue weighted by atomic mass is 10.0. The fourth-order valence-corrected chi connectivity index (χ4v) is 3.31. The molecule has 1 saturated heterocycles. The molecule has 1 fully saturated rings. The van der Waals surface area contributed by atoms with Crippen molar-refractivity contribution in [3.63, 3.8) is 0 Å². The van der Waals surface area contributed by atoms with E-state index in [0.29, 0.717) is 13.0 Å². The van der Waals surface area contributed by atoms with Crippen LogP contribution in [-0.4, -0.2) is 44.2 Å². The van der Waals surface area contributed by atoms with E-state index in [1.54, 1.807) is 14.2 Å². The largest absolute Gasteiger partial charge is 0.496 e. The smallest absolute Gasteiger partial charge is 0.225 e. The summed E-state index contributed by atoms with van der Waals surface area (Å²) in [6.45, 7) is 1.11. The number of carbonyl (C=O) groups is 1. The average molecular weight is 371 g/mol. The zero-order valence-electron chi connectivity index (χ0n) is 13.0. The van der Waals surface area contributed by atoms with E-state index >= 15 is 0 Å². The van der Waals surface area contributed by atoms with Crippen molar-refractivity contribution < 1.29 is 14.3 Å². The molecular formula is C16H23BrN2O3. The van der Waals surface area contributed by atoms with Gasteiger partial charge in [0, 0.05) is 30.2 Å². The van der Waals surface area contributed by atoms with Gasteiger partial charge in [0.1, 0.15) is 5.75 Å². The maximum Gasteiger partial charge on any atom is 0.225 e. The van der Waals surface area contributed by atoms with Gasteiger partial charge in [-0.05, 0) is 31.0 Å². The van der Waals surface area contributed by atoms with E-state index in [4.69, 9.17) is 15.2 Å². The molecule has 0 bridgehead atoms. The van der Waals surface area contributed by atoms with Crippen molar-refractivity contribution in [3.8, 4) is 5.75 Å². The van der Waals surface area contributed by atoms with E-state index < -0.39 is 0 Å². The number of hydrogen-bond donors (Lipinski definition) is 1. The fourth-order valence-electron chi connectivity index (χ4n) is 2.93. The van der Waals surface area contributed by atoms with Crippen LogP contribution in [0.25, 0.3) is 0 Å². The predicted molar refractivity (Wildman–Crippen MR) is 88.9 cm³/mol. The van der Waals surface area contributed by atoms with E-state index in [1.807, 2.05) is 23.1 Å². The molecule has 2 rings (SSSR count). The summed E-state index contributed by atoms with van der Waals surface area (Å²) < 4.78 is 11.7. The lowest BCUT2D eigenvalue weighted by Gasteiger charge is -2.27. The minimum absolute atomic E-state index is 0.0511. The predicted octanol–water partition coefficient (Wildman–Crippen LogP) is 2.48. The summed E-state index contributed by atoms with van der Waals surface area (Å²) in [7, 11) is 3.24. The van der Waals surface area contributed by atoms with Crippen LogP contribution in [0.5, 0.6) is 5.75 Å². The van der Waals surface area contributed by atoms with Gasteiger partial charge in [0.25, 0.3) is 0 Å². The zero-order valence-corrected chi connectivity index (χ0v) is 14.6. The molecule has 1 heterocycles. The van der Waals surface area contributed by atoms with E-state index in [9.17, 15) is 4.79 Å². The van der Waals surface area contributed by atoms with Gasteiger partial charge in [-0.1, -0.05) is 15.9 Å². The van der Waals surface area contributed by atoms with Crippen molar-refractivity contribution in [2.75, 3.05) is 27.3 Å². The molecule has 6 heteroatoms. The van der Waals surface area contributed by atoms with Gasteiger partial charge in [0.2, 0.25) is 5.91 Å². The highest BCUT2D eigenvalue weighted by Gasteiger charge is 2.32. The fraction of sp³-hybridized carbons (Fsp3) is 0.562. The number of amides is 1. The summed E-state index contributed by atoms with van der Waals surface area (Å²) in [6, 6.07) is 5.96. The van der Waals surface area contributed by atoms with E-state index in [1.165, 1.54) is 0 Å². The first-order chi connectivity index (χ1) is 10.6. The molecule has 1 aromatic carbocycles. The first-order valence-electron chi connectivity index (χ1n) is 7.46. The van der Waals surface area contributed by atoms with Crippen LogP contribution in [0.1, 0.15) is 30.9 Å². The molecule has 2 atom stereocenters. The van der Waals surface area contributed by atoms with Gasteiger partial charge in [-0.3, -0.25) is 4.79 Å². The van der Waals surface area contributed by atoms with Crippen molar-refractivity contribution in [2.45, 2.75) is 31.4 Å². The highest BCUT2D eigenvalue weighted by molar-refractivity contribution is 9.10. The molecule has 1 aliphatic heterocycles. The zero-order chi connectivity index (χ0) is 16.1. The van der Waals surface area contributed by atoms with Crippen molar-refractivity contribution in [1.29, 1.82) is 0 Å². The number of hydrogen-bond acceptors (Lipinski definition) is 4. The van der Waals surface area contributed by atoms with Crippen LogP contribution in [-0.2, 0) is 9.53 Å². The Bertz CT molecular complexity index is 520. The summed E-state index contributed by atoms with van der Waals surface area (Å²) in [6.07, 6.45) is 2.03.